The first-order valence-electron chi connectivity index (χ1n) is 11.2. The van der Waals surface area contributed by atoms with Crippen LogP contribution >= 0.6 is 0 Å². The molecule has 8 nitrogen and oxygen atoms in total. The molecule has 0 aromatic heterocycles. The van der Waals surface area contributed by atoms with Crippen LogP contribution in [0.2, 0.25) is 0 Å². The molecule has 8 heteroatoms. The largest absolute Gasteiger partial charge is 0.474 e. The number of hydrogen-bond acceptors (Lipinski definition) is 8. The van der Waals surface area contributed by atoms with Crippen molar-refractivity contribution in [2.24, 2.45) is 11.5 Å². The van der Waals surface area contributed by atoms with E-state index in [0.29, 0.717) is 0 Å². The monoisotopic (exact) mass is 488 g/mol. The first kappa shape index (κ1) is 25.9. The Labute approximate surface area is 209 Å². The van der Waals surface area contributed by atoms with Crippen LogP contribution in [0.1, 0.15) is 22.3 Å². The number of hydrogen-bond donors (Lipinski definition) is 2. The van der Waals surface area contributed by atoms with Crippen LogP contribution in [0.5, 0.6) is 0 Å². The molecule has 36 heavy (non-hydrogen) atoms. The smallest absolute Gasteiger partial charge is 0.336 e. The summed E-state index contributed by atoms with van der Waals surface area (Å²) in [6.45, 7) is 0.621. The summed E-state index contributed by atoms with van der Waals surface area (Å²) in [6.07, 6.45) is 2.19. The second-order valence-electron chi connectivity index (χ2n) is 7.67. The van der Waals surface area contributed by atoms with Gasteiger partial charge in [-0.2, -0.15) is 0 Å². The summed E-state index contributed by atoms with van der Waals surface area (Å²) in [6, 6.07) is 26.0. The summed E-state index contributed by atoms with van der Waals surface area (Å²) in [5, 5.41) is 0. The third-order valence-corrected chi connectivity index (χ3v) is 4.80. The van der Waals surface area contributed by atoms with E-state index in [1.54, 1.807) is 24.3 Å². The van der Waals surface area contributed by atoms with Gasteiger partial charge >= 0.3 is 11.9 Å². The Hall–Kier alpha value is -4.72. The Balaban J connectivity index is 1.36. The van der Waals surface area contributed by atoms with Gasteiger partial charge in [0, 0.05) is 0 Å². The molecule has 0 saturated carbocycles. The Kier molecular flexibility index (Phi) is 9.97. The maximum atomic E-state index is 12.0. The fourth-order valence-electron chi connectivity index (χ4n) is 2.92. The lowest BCUT2D eigenvalue weighted by Gasteiger charge is -2.08. The van der Waals surface area contributed by atoms with E-state index in [4.69, 9.17) is 30.4 Å². The maximum Gasteiger partial charge on any atom is 0.336 e. The zero-order chi connectivity index (χ0) is 25.6. The molecule has 0 heterocycles. The van der Waals surface area contributed by atoms with Crippen molar-refractivity contribution in [1.82, 2.24) is 0 Å². The van der Waals surface area contributed by atoms with Gasteiger partial charge in [-0.05, 0) is 22.3 Å². The van der Waals surface area contributed by atoms with Crippen molar-refractivity contribution in [3.8, 4) is 0 Å². The number of carbonyl (C=O) groups excluding carboxylic acids is 2. The number of nitrogens with two attached hydrogens (primary N) is 2. The van der Waals surface area contributed by atoms with Gasteiger partial charge in [0.1, 0.15) is 26.4 Å². The third-order valence-electron chi connectivity index (χ3n) is 4.80. The van der Waals surface area contributed by atoms with Gasteiger partial charge in [-0.1, -0.05) is 84.9 Å². The summed E-state index contributed by atoms with van der Waals surface area (Å²) in [4.78, 5) is 23.9. The van der Waals surface area contributed by atoms with Crippen molar-refractivity contribution in [2.45, 2.75) is 26.4 Å². The second-order valence-corrected chi connectivity index (χ2v) is 7.67. The van der Waals surface area contributed by atoms with Crippen LogP contribution in [-0.4, -0.2) is 11.9 Å². The summed E-state index contributed by atoms with van der Waals surface area (Å²) >= 11 is 0. The highest BCUT2D eigenvalue weighted by molar-refractivity contribution is 5.82. The van der Waals surface area contributed by atoms with Gasteiger partial charge in [-0.3, -0.25) is 0 Å². The summed E-state index contributed by atoms with van der Waals surface area (Å²) in [5.41, 5.74) is 14.8. The molecular formula is C28H28N2O6. The van der Waals surface area contributed by atoms with Crippen LogP contribution in [0, 0.1) is 0 Å². The van der Waals surface area contributed by atoms with Crippen LogP contribution in [0.25, 0.3) is 0 Å². The summed E-state index contributed by atoms with van der Waals surface area (Å²) in [7, 11) is 0. The van der Waals surface area contributed by atoms with E-state index in [0.717, 1.165) is 34.4 Å². The Morgan fingerprint density at radius 2 is 0.806 bits per heavy atom. The normalized spacial score (nSPS) is 11.4. The number of esters is 2. The highest BCUT2D eigenvalue weighted by atomic mass is 16.5. The molecule has 3 aromatic carbocycles. The Morgan fingerprint density at radius 3 is 1.17 bits per heavy atom. The zero-order valence-electron chi connectivity index (χ0n) is 19.7. The minimum atomic E-state index is -0.613. The molecule has 0 aliphatic carbocycles. The highest BCUT2D eigenvalue weighted by Gasteiger charge is 2.06. The molecule has 0 fully saturated rings. The Morgan fingerprint density at radius 1 is 0.500 bits per heavy atom. The quantitative estimate of drug-likeness (QED) is 0.224. The summed E-state index contributed by atoms with van der Waals surface area (Å²) in [5.74, 6) is -1.28. The van der Waals surface area contributed by atoms with Crippen molar-refractivity contribution in [3.05, 3.63) is 131 Å². The molecule has 0 spiro atoms. The number of rotatable bonds is 12. The molecule has 0 amide bonds. The SMILES string of the molecule is NC(=CC(=O)OCc1ccc(COC(=O)C=C(N)OCc2ccccc2)cc1)OCc1ccccc1. The molecule has 3 rings (SSSR count). The van der Waals surface area contributed by atoms with E-state index >= 15 is 0 Å². The van der Waals surface area contributed by atoms with Gasteiger partial charge in [0.15, 0.2) is 11.8 Å². The van der Waals surface area contributed by atoms with Crippen LogP contribution in [-0.2, 0) is 55.0 Å². The maximum absolute atomic E-state index is 12.0. The highest BCUT2D eigenvalue weighted by Crippen LogP contribution is 2.09. The van der Waals surface area contributed by atoms with Gasteiger partial charge < -0.3 is 30.4 Å². The average Bonchev–Trinajstić information content (AvgIpc) is 2.90. The number of benzene rings is 3. The number of ether oxygens (including phenoxy) is 4. The minimum absolute atomic E-state index is 0.0267. The fraction of sp³-hybridized carbons (Fsp3) is 0.143. The predicted octanol–water partition coefficient (Wildman–Crippen LogP) is 3.81. The van der Waals surface area contributed by atoms with Crippen molar-refractivity contribution >= 4 is 11.9 Å². The van der Waals surface area contributed by atoms with Crippen LogP contribution in [0.4, 0.5) is 0 Å². The standard InChI is InChI=1S/C28H28N2O6/c29-25(33-17-21-7-3-1-4-8-21)15-27(31)35-19-23-11-13-24(14-12-23)20-36-28(32)16-26(30)34-18-22-9-5-2-6-10-22/h1-16H,17-20,29-30H2. The Bertz CT molecular complexity index is 1080. The van der Waals surface area contributed by atoms with E-state index in [9.17, 15) is 9.59 Å². The molecule has 0 aliphatic rings. The fourth-order valence-corrected chi connectivity index (χ4v) is 2.92. The molecule has 186 valence electrons. The van der Waals surface area contributed by atoms with Crippen molar-refractivity contribution < 1.29 is 28.5 Å². The van der Waals surface area contributed by atoms with E-state index in [2.05, 4.69) is 0 Å². The van der Waals surface area contributed by atoms with Gasteiger partial charge in [0.05, 0.1) is 12.2 Å². The van der Waals surface area contributed by atoms with Crippen LogP contribution in [0.3, 0.4) is 0 Å². The first-order valence-corrected chi connectivity index (χ1v) is 11.2. The van der Waals surface area contributed by atoms with Crippen molar-refractivity contribution in [1.29, 1.82) is 0 Å². The van der Waals surface area contributed by atoms with Crippen molar-refractivity contribution in [2.75, 3.05) is 0 Å². The van der Waals surface area contributed by atoms with Gasteiger partial charge in [0.25, 0.3) is 0 Å². The third kappa shape index (κ3) is 9.64. The number of carbonyl (C=O) groups is 2. The van der Waals surface area contributed by atoms with Gasteiger partial charge in [-0.25, -0.2) is 9.59 Å². The summed E-state index contributed by atoms with van der Waals surface area (Å²) < 4.78 is 21.1. The van der Waals surface area contributed by atoms with Crippen LogP contribution < -0.4 is 11.5 Å². The van der Waals surface area contributed by atoms with E-state index in [1.165, 1.54) is 0 Å². The second kappa shape index (κ2) is 13.9. The predicted molar refractivity (Wildman–Crippen MR) is 133 cm³/mol. The lowest BCUT2D eigenvalue weighted by Crippen LogP contribution is -2.09. The van der Waals surface area contributed by atoms with Gasteiger partial charge in [-0.15, -0.1) is 0 Å². The molecule has 0 atom stereocenters. The molecule has 0 unspecified atom stereocenters. The zero-order valence-corrected chi connectivity index (χ0v) is 19.7. The first-order chi connectivity index (χ1) is 17.5. The van der Waals surface area contributed by atoms with E-state index < -0.39 is 11.9 Å². The lowest BCUT2D eigenvalue weighted by atomic mass is 10.1. The van der Waals surface area contributed by atoms with E-state index in [1.807, 2.05) is 60.7 Å². The minimum Gasteiger partial charge on any atom is -0.474 e. The van der Waals surface area contributed by atoms with Gasteiger partial charge in [0.2, 0.25) is 0 Å². The van der Waals surface area contributed by atoms with Crippen molar-refractivity contribution in [3.63, 3.8) is 0 Å². The molecule has 0 bridgehead atoms. The average molecular weight is 489 g/mol. The molecule has 0 aliphatic heterocycles. The lowest BCUT2D eigenvalue weighted by molar-refractivity contribution is -0.140. The molecule has 0 saturated heterocycles. The van der Waals surface area contributed by atoms with E-state index in [-0.39, 0.29) is 38.2 Å². The molecular weight excluding hydrogens is 460 g/mol. The molecule has 0 radical (unpaired) electrons. The van der Waals surface area contributed by atoms with Crippen LogP contribution in [0.15, 0.2) is 109 Å². The molecule has 4 N–H and O–H groups in total. The topological polar surface area (TPSA) is 123 Å². The molecule has 3 aromatic rings.